The van der Waals surface area contributed by atoms with Crippen molar-refractivity contribution >= 4 is 16.9 Å². The van der Waals surface area contributed by atoms with Crippen LogP contribution in [-0.2, 0) is 6.61 Å². The molecule has 1 aliphatic rings. The summed E-state index contributed by atoms with van der Waals surface area (Å²) in [5.74, 6) is 0.734. The van der Waals surface area contributed by atoms with Crippen LogP contribution in [0.3, 0.4) is 0 Å². The Kier molecular flexibility index (Phi) is 3.56. The quantitative estimate of drug-likeness (QED) is 0.811. The molecule has 1 aromatic heterocycles. The Morgan fingerprint density at radius 2 is 2.25 bits per heavy atom. The van der Waals surface area contributed by atoms with E-state index in [-0.39, 0.29) is 6.61 Å². The summed E-state index contributed by atoms with van der Waals surface area (Å²) in [6.07, 6.45) is 8.70. The molecule has 16 heavy (non-hydrogen) atoms. The van der Waals surface area contributed by atoms with E-state index in [9.17, 15) is 0 Å². The molecule has 3 heteroatoms. The lowest BCUT2D eigenvalue weighted by molar-refractivity contribution is 0.285. The van der Waals surface area contributed by atoms with Gasteiger partial charge in [0, 0.05) is 11.8 Å². The van der Waals surface area contributed by atoms with Crippen LogP contribution < -0.4 is 0 Å². The average Bonchev–Trinajstić information content (AvgIpc) is 3.03. The second-order valence-corrected chi connectivity index (χ2v) is 5.13. The molecule has 0 radical (unpaired) electrons. The fraction of sp³-hybridized carbons (Fsp3) is 0.462. The van der Waals surface area contributed by atoms with Crippen LogP contribution in [0.15, 0.2) is 23.9 Å². The molecular weight excluding hydrogens is 218 g/mol. The van der Waals surface area contributed by atoms with Gasteiger partial charge in [-0.1, -0.05) is 12.2 Å². The average molecular weight is 235 g/mol. The standard InChI is InChI=1S/C13H17NOS/c1-3-11(9-5-6-9)12(4-2)13-14-7-10(8-15)16-13/h3-4,7,9,15H,5-6,8H2,1-2H3. The Labute approximate surface area is 100 Å². The fourth-order valence-corrected chi connectivity index (χ4v) is 2.79. The first-order valence-corrected chi connectivity index (χ1v) is 6.50. The third kappa shape index (κ3) is 2.25. The number of aliphatic hydroxyl groups excluding tert-OH is 1. The van der Waals surface area contributed by atoms with Crippen LogP contribution in [0.25, 0.3) is 5.57 Å². The normalized spacial score (nSPS) is 17.9. The third-order valence-corrected chi connectivity index (χ3v) is 3.88. The second-order valence-electron chi connectivity index (χ2n) is 4.01. The molecule has 86 valence electrons. The predicted octanol–water partition coefficient (Wildman–Crippen LogP) is 3.40. The summed E-state index contributed by atoms with van der Waals surface area (Å²) in [4.78, 5) is 5.32. The molecule has 0 atom stereocenters. The molecule has 1 aromatic rings. The van der Waals surface area contributed by atoms with Crippen molar-refractivity contribution < 1.29 is 5.11 Å². The summed E-state index contributed by atoms with van der Waals surface area (Å²) in [5, 5.41) is 10.1. The van der Waals surface area contributed by atoms with E-state index in [1.165, 1.54) is 24.0 Å². The van der Waals surface area contributed by atoms with Crippen LogP contribution >= 0.6 is 11.3 Å². The Morgan fingerprint density at radius 3 is 2.69 bits per heavy atom. The lowest BCUT2D eigenvalue weighted by Crippen LogP contribution is -1.91. The summed E-state index contributed by atoms with van der Waals surface area (Å²) in [5.41, 5.74) is 2.66. The van der Waals surface area contributed by atoms with E-state index in [0.717, 1.165) is 15.8 Å². The number of rotatable bonds is 4. The van der Waals surface area contributed by atoms with Gasteiger partial charge >= 0.3 is 0 Å². The van der Waals surface area contributed by atoms with Gasteiger partial charge in [0.05, 0.1) is 11.5 Å². The fourth-order valence-electron chi connectivity index (χ4n) is 1.92. The molecule has 0 unspecified atom stereocenters. The van der Waals surface area contributed by atoms with Gasteiger partial charge in [-0.2, -0.15) is 0 Å². The summed E-state index contributed by atoms with van der Waals surface area (Å²) in [6.45, 7) is 4.24. The summed E-state index contributed by atoms with van der Waals surface area (Å²) < 4.78 is 0. The van der Waals surface area contributed by atoms with Crippen molar-refractivity contribution in [1.82, 2.24) is 4.98 Å². The number of nitrogens with zero attached hydrogens (tertiary/aromatic N) is 1. The van der Waals surface area contributed by atoms with Crippen molar-refractivity contribution in [2.24, 2.45) is 5.92 Å². The molecule has 1 heterocycles. The van der Waals surface area contributed by atoms with Crippen LogP contribution in [-0.4, -0.2) is 10.1 Å². The highest BCUT2D eigenvalue weighted by Crippen LogP contribution is 2.43. The van der Waals surface area contributed by atoms with Crippen LogP contribution in [0.5, 0.6) is 0 Å². The van der Waals surface area contributed by atoms with Crippen molar-refractivity contribution in [2.45, 2.75) is 33.3 Å². The van der Waals surface area contributed by atoms with Gasteiger partial charge in [0.2, 0.25) is 0 Å². The lowest BCUT2D eigenvalue weighted by Gasteiger charge is -2.07. The van der Waals surface area contributed by atoms with Gasteiger partial charge in [-0.05, 0) is 38.2 Å². The molecule has 1 fully saturated rings. The zero-order valence-corrected chi connectivity index (χ0v) is 10.5. The summed E-state index contributed by atoms with van der Waals surface area (Å²) >= 11 is 1.58. The Balaban J connectivity index is 2.28. The topological polar surface area (TPSA) is 33.1 Å². The number of aromatic nitrogens is 1. The van der Waals surface area contributed by atoms with E-state index in [4.69, 9.17) is 5.11 Å². The molecule has 0 amide bonds. The van der Waals surface area contributed by atoms with Crippen LogP contribution in [0.4, 0.5) is 0 Å². The van der Waals surface area contributed by atoms with Crippen molar-refractivity contribution in [2.75, 3.05) is 0 Å². The van der Waals surface area contributed by atoms with Crippen LogP contribution in [0.1, 0.15) is 36.6 Å². The highest BCUT2D eigenvalue weighted by Gasteiger charge is 2.28. The minimum Gasteiger partial charge on any atom is -0.391 e. The van der Waals surface area contributed by atoms with E-state index < -0.39 is 0 Å². The number of aliphatic hydroxyl groups is 1. The SMILES string of the molecule is CC=C(C(=CC)C1CC1)c1ncc(CO)s1. The Hall–Kier alpha value is -0.930. The Morgan fingerprint density at radius 1 is 1.50 bits per heavy atom. The van der Waals surface area contributed by atoms with Gasteiger partial charge in [0.1, 0.15) is 5.01 Å². The minimum absolute atomic E-state index is 0.0866. The van der Waals surface area contributed by atoms with Crippen molar-refractivity contribution in [3.8, 4) is 0 Å². The smallest absolute Gasteiger partial charge is 0.123 e. The molecule has 0 aliphatic heterocycles. The number of thiazole rings is 1. The molecule has 1 saturated carbocycles. The van der Waals surface area contributed by atoms with Crippen molar-refractivity contribution in [3.05, 3.63) is 33.8 Å². The molecule has 0 spiro atoms. The van der Waals surface area contributed by atoms with Gasteiger partial charge in [-0.15, -0.1) is 11.3 Å². The monoisotopic (exact) mass is 235 g/mol. The van der Waals surface area contributed by atoms with Crippen molar-refractivity contribution in [1.29, 1.82) is 0 Å². The highest BCUT2D eigenvalue weighted by atomic mass is 32.1. The maximum absolute atomic E-state index is 9.06. The van der Waals surface area contributed by atoms with E-state index in [2.05, 4.69) is 31.0 Å². The van der Waals surface area contributed by atoms with E-state index in [1.807, 2.05) is 0 Å². The molecule has 0 bridgehead atoms. The zero-order chi connectivity index (χ0) is 11.5. The van der Waals surface area contributed by atoms with Crippen LogP contribution in [0.2, 0.25) is 0 Å². The summed E-state index contributed by atoms with van der Waals surface area (Å²) in [7, 11) is 0. The van der Waals surface area contributed by atoms with E-state index in [0.29, 0.717) is 0 Å². The van der Waals surface area contributed by atoms with Gasteiger partial charge < -0.3 is 5.11 Å². The first-order chi connectivity index (χ1) is 7.80. The van der Waals surface area contributed by atoms with Gasteiger partial charge in [0.15, 0.2) is 0 Å². The molecular formula is C13H17NOS. The predicted molar refractivity (Wildman–Crippen MR) is 68.2 cm³/mol. The molecule has 2 rings (SSSR count). The molecule has 0 aromatic carbocycles. The maximum atomic E-state index is 9.06. The second kappa shape index (κ2) is 4.93. The zero-order valence-electron chi connectivity index (χ0n) is 9.73. The molecule has 0 saturated heterocycles. The lowest BCUT2D eigenvalue weighted by atomic mass is 10.0. The number of hydrogen-bond donors (Lipinski definition) is 1. The molecule has 1 aliphatic carbocycles. The Bertz CT molecular complexity index is 427. The first-order valence-electron chi connectivity index (χ1n) is 5.69. The van der Waals surface area contributed by atoms with Crippen LogP contribution in [0, 0.1) is 5.92 Å². The minimum atomic E-state index is 0.0866. The maximum Gasteiger partial charge on any atom is 0.123 e. The van der Waals surface area contributed by atoms with E-state index in [1.54, 1.807) is 17.5 Å². The van der Waals surface area contributed by atoms with Crippen molar-refractivity contribution in [3.63, 3.8) is 0 Å². The molecule has 1 N–H and O–H groups in total. The largest absolute Gasteiger partial charge is 0.391 e. The third-order valence-electron chi connectivity index (χ3n) is 2.87. The highest BCUT2D eigenvalue weighted by molar-refractivity contribution is 7.12. The summed E-state index contributed by atoms with van der Waals surface area (Å²) in [6, 6.07) is 0. The van der Waals surface area contributed by atoms with Gasteiger partial charge in [-0.3, -0.25) is 0 Å². The number of allylic oxidation sites excluding steroid dienone is 4. The van der Waals surface area contributed by atoms with E-state index >= 15 is 0 Å². The van der Waals surface area contributed by atoms with Gasteiger partial charge in [-0.25, -0.2) is 4.98 Å². The number of hydrogen-bond acceptors (Lipinski definition) is 3. The van der Waals surface area contributed by atoms with Gasteiger partial charge in [0.25, 0.3) is 0 Å². The first kappa shape index (κ1) is 11.6. The molecule has 2 nitrogen and oxygen atoms in total.